The molecule has 1 aromatic carbocycles. The van der Waals surface area contributed by atoms with Crippen molar-refractivity contribution in [3.05, 3.63) is 41.8 Å². The number of H-pyrrole nitrogens is 1. The Morgan fingerprint density at radius 3 is 2.95 bits per heavy atom. The summed E-state index contributed by atoms with van der Waals surface area (Å²) in [6, 6.07) is 5.58. The number of likely N-dealkylation sites (N-methyl/N-ethyl adjacent to an activating group) is 1. The Bertz CT molecular complexity index is 612. The van der Waals surface area contributed by atoms with Crippen LogP contribution in [-0.4, -0.2) is 39.3 Å². The van der Waals surface area contributed by atoms with Crippen LogP contribution in [0.25, 0.3) is 11.3 Å². The van der Waals surface area contributed by atoms with Gasteiger partial charge in [-0.2, -0.15) is 5.10 Å². The first kappa shape index (κ1) is 14.2. The normalized spacial score (nSPS) is 12.6. The summed E-state index contributed by atoms with van der Waals surface area (Å²) < 4.78 is 13.3. The van der Waals surface area contributed by atoms with Crippen molar-refractivity contribution in [1.82, 2.24) is 15.1 Å². The summed E-state index contributed by atoms with van der Waals surface area (Å²) >= 11 is 0. The Labute approximate surface area is 116 Å². The molecule has 0 aliphatic heterocycles. The van der Waals surface area contributed by atoms with Crippen molar-refractivity contribution in [2.24, 2.45) is 0 Å². The summed E-state index contributed by atoms with van der Waals surface area (Å²) in [6.45, 7) is 2.03. The first-order valence-electron chi connectivity index (χ1n) is 6.20. The average Bonchev–Trinajstić information content (AvgIpc) is 2.85. The van der Waals surface area contributed by atoms with Crippen molar-refractivity contribution >= 4 is 5.97 Å². The molecule has 0 radical (unpaired) electrons. The number of carboxylic acid groups (broad SMARTS) is 1. The summed E-state index contributed by atoms with van der Waals surface area (Å²) in [7, 11) is 1.72. The predicted molar refractivity (Wildman–Crippen MR) is 72.5 cm³/mol. The minimum atomic E-state index is -0.886. The molecule has 106 valence electrons. The van der Waals surface area contributed by atoms with Crippen LogP contribution in [0, 0.1) is 5.82 Å². The lowest BCUT2D eigenvalue weighted by molar-refractivity contribution is -0.142. The molecule has 6 heteroatoms. The molecule has 2 N–H and O–H groups in total. The van der Waals surface area contributed by atoms with Crippen molar-refractivity contribution in [3.63, 3.8) is 0 Å². The third-order valence-electron chi connectivity index (χ3n) is 3.27. The lowest BCUT2D eigenvalue weighted by atomic mass is 10.1. The van der Waals surface area contributed by atoms with Crippen LogP contribution in [0.5, 0.6) is 0 Å². The van der Waals surface area contributed by atoms with Crippen LogP contribution in [0.15, 0.2) is 30.5 Å². The van der Waals surface area contributed by atoms with Gasteiger partial charge in [-0.25, -0.2) is 4.39 Å². The molecule has 0 aliphatic rings. The number of carbonyl (C=O) groups is 1. The number of nitrogens with one attached hydrogen (secondary N) is 1. The van der Waals surface area contributed by atoms with Gasteiger partial charge in [0.05, 0.1) is 11.9 Å². The van der Waals surface area contributed by atoms with E-state index in [-0.39, 0.29) is 5.82 Å². The lowest BCUT2D eigenvalue weighted by Gasteiger charge is -2.20. The topological polar surface area (TPSA) is 69.2 Å². The third-order valence-corrected chi connectivity index (χ3v) is 3.27. The third kappa shape index (κ3) is 3.03. The molecule has 0 fully saturated rings. The van der Waals surface area contributed by atoms with Crippen molar-refractivity contribution in [1.29, 1.82) is 0 Å². The van der Waals surface area contributed by atoms with Gasteiger partial charge in [-0.05, 0) is 26.1 Å². The van der Waals surface area contributed by atoms with Crippen molar-refractivity contribution in [2.75, 3.05) is 7.05 Å². The summed E-state index contributed by atoms with van der Waals surface area (Å²) in [4.78, 5) is 12.6. The van der Waals surface area contributed by atoms with Gasteiger partial charge in [0, 0.05) is 17.7 Å². The van der Waals surface area contributed by atoms with E-state index >= 15 is 0 Å². The number of rotatable bonds is 5. The van der Waals surface area contributed by atoms with E-state index in [0.717, 1.165) is 5.56 Å². The van der Waals surface area contributed by atoms with E-state index in [9.17, 15) is 9.18 Å². The van der Waals surface area contributed by atoms with Crippen LogP contribution in [0.2, 0.25) is 0 Å². The zero-order chi connectivity index (χ0) is 14.7. The number of nitrogens with zero attached hydrogens (tertiary/aromatic N) is 2. The van der Waals surface area contributed by atoms with Gasteiger partial charge >= 0.3 is 5.97 Å². The molecule has 0 saturated carbocycles. The molecule has 5 nitrogen and oxygen atoms in total. The fraction of sp³-hybridized carbons (Fsp3) is 0.286. The second-order valence-corrected chi connectivity index (χ2v) is 4.71. The molecule has 1 unspecified atom stereocenters. The summed E-state index contributed by atoms with van der Waals surface area (Å²) in [5, 5.41) is 15.8. The fourth-order valence-corrected chi connectivity index (χ4v) is 1.92. The van der Waals surface area contributed by atoms with Gasteiger partial charge in [0.2, 0.25) is 0 Å². The predicted octanol–water partition coefficient (Wildman–Crippen LogP) is 2.12. The van der Waals surface area contributed by atoms with Gasteiger partial charge in [0.15, 0.2) is 0 Å². The van der Waals surface area contributed by atoms with Gasteiger partial charge < -0.3 is 5.11 Å². The molecule has 1 aromatic heterocycles. The van der Waals surface area contributed by atoms with Crippen LogP contribution in [0.4, 0.5) is 4.39 Å². The SMILES string of the molecule is CC(C(=O)O)N(C)Cc1cn[nH]c1-c1cccc(F)c1. The van der Waals surface area contributed by atoms with E-state index in [2.05, 4.69) is 10.2 Å². The maximum Gasteiger partial charge on any atom is 0.320 e. The number of aromatic nitrogens is 2. The number of benzene rings is 1. The molecule has 2 rings (SSSR count). The van der Waals surface area contributed by atoms with E-state index < -0.39 is 12.0 Å². The van der Waals surface area contributed by atoms with Gasteiger partial charge in [0.25, 0.3) is 0 Å². The number of aromatic amines is 1. The molecule has 0 amide bonds. The summed E-state index contributed by atoms with van der Waals surface area (Å²) in [5.41, 5.74) is 2.22. The van der Waals surface area contributed by atoms with Crippen LogP contribution in [0.1, 0.15) is 12.5 Å². The Morgan fingerprint density at radius 2 is 2.30 bits per heavy atom. The maximum absolute atomic E-state index is 13.3. The smallest absolute Gasteiger partial charge is 0.320 e. The first-order chi connectivity index (χ1) is 9.49. The van der Waals surface area contributed by atoms with E-state index in [1.807, 2.05) is 0 Å². The standard InChI is InChI=1S/C14H16FN3O2/c1-9(14(19)20)18(2)8-11-7-16-17-13(11)10-4-3-5-12(15)6-10/h3-7,9H,8H2,1-2H3,(H,16,17)(H,19,20). The summed E-state index contributed by atoms with van der Waals surface area (Å²) in [5.74, 6) is -1.21. The zero-order valence-electron chi connectivity index (χ0n) is 11.3. The molecule has 0 bridgehead atoms. The molecule has 1 atom stereocenters. The van der Waals surface area contributed by atoms with Crippen molar-refractivity contribution < 1.29 is 14.3 Å². The van der Waals surface area contributed by atoms with Crippen molar-refractivity contribution in [2.45, 2.75) is 19.5 Å². The Balaban J connectivity index is 2.23. The minimum Gasteiger partial charge on any atom is -0.480 e. The monoisotopic (exact) mass is 277 g/mol. The van der Waals surface area contributed by atoms with E-state index in [4.69, 9.17) is 5.11 Å². The van der Waals surface area contributed by atoms with E-state index in [1.165, 1.54) is 12.1 Å². The highest BCUT2D eigenvalue weighted by Gasteiger charge is 2.19. The molecule has 0 aliphatic carbocycles. The molecule has 1 heterocycles. The Hall–Kier alpha value is -2.21. The largest absolute Gasteiger partial charge is 0.480 e. The molecule has 0 saturated heterocycles. The van der Waals surface area contributed by atoms with Crippen LogP contribution < -0.4 is 0 Å². The van der Waals surface area contributed by atoms with E-state index in [0.29, 0.717) is 17.8 Å². The van der Waals surface area contributed by atoms with Gasteiger partial charge in [-0.15, -0.1) is 0 Å². The molecule has 2 aromatic rings. The number of halogens is 1. The zero-order valence-corrected chi connectivity index (χ0v) is 11.3. The Kier molecular flexibility index (Phi) is 4.14. The quantitative estimate of drug-likeness (QED) is 0.878. The number of carboxylic acids is 1. The maximum atomic E-state index is 13.3. The number of aliphatic carboxylic acids is 1. The Morgan fingerprint density at radius 1 is 1.55 bits per heavy atom. The summed E-state index contributed by atoms with van der Waals surface area (Å²) in [6.07, 6.45) is 1.63. The van der Waals surface area contributed by atoms with Crippen LogP contribution in [-0.2, 0) is 11.3 Å². The van der Waals surface area contributed by atoms with Crippen molar-refractivity contribution in [3.8, 4) is 11.3 Å². The average molecular weight is 277 g/mol. The second-order valence-electron chi connectivity index (χ2n) is 4.71. The van der Waals surface area contributed by atoms with Gasteiger partial charge in [-0.3, -0.25) is 14.8 Å². The van der Waals surface area contributed by atoms with Crippen LogP contribution in [0.3, 0.4) is 0 Å². The number of hydrogen-bond donors (Lipinski definition) is 2. The van der Waals surface area contributed by atoms with Gasteiger partial charge in [-0.1, -0.05) is 12.1 Å². The number of hydrogen-bond acceptors (Lipinski definition) is 3. The molecular weight excluding hydrogens is 261 g/mol. The van der Waals surface area contributed by atoms with Crippen LogP contribution >= 0.6 is 0 Å². The highest BCUT2D eigenvalue weighted by molar-refractivity contribution is 5.73. The lowest BCUT2D eigenvalue weighted by Crippen LogP contribution is -2.35. The highest BCUT2D eigenvalue weighted by Crippen LogP contribution is 2.23. The van der Waals surface area contributed by atoms with E-state index in [1.54, 1.807) is 37.2 Å². The fourth-order valence-electron chi connectivity index (χ4n) is 1.92. The molecule has 20 heavy (non-hydrogen) atoms. The highest BCUT2D eigenvalue weighted by atomic mass is 19.1. The molecule has 0 spiro atoms. The minimum absolute atomic E-state index is 0.324. The first-order valence-corrected chi connectivity index (χ1v) is 6.20. The second kappa shape index (κ2) is 5.83. The van der Waals surface area contributed by atoms with Gasteiger partial charge in [0.1, 0.15) is 11.9 Å². The molecular formula is C14H16FN3O2.